The first kappa shape index (κ1) is 133. The van der Waals surface area contributed by atoms with Crippen molar-refractivity contribution < 1.29 is 389 Å². The zero-order valence-electron chi connectivity index (χ0n) is 78.9. The molecule has 55 heteroatoms. The molecule has 0 aromatic heterocycles. The molecule has 7 rings (SSSR count). The number of fused-ring (bicyclic) bond motifs is 3. The molecule has 7 saturated heterocycles. The van der Waals surface area contributed by atoms with Gasteiger partial charge in [-0.2, -0.15) is 0 Å². The van der Waals surface area contributed by atoms with Crippen LogP contribution in [0.1, 0.15) is 218 Å². The monoisotopic (exact) mass is 2020 g/mol. The number of aliphatic carboxylic acids is 2. The summed E-state index contributed by atoms with van der Waals surface area (Å²) in [7, 11) is -2.33. The minimum absolute atomic E-state index is 0. The maximum absolute atomic E-state index is 14.7. The summed E-state index contributed by atoms with van der Waals surface area (Å²) >= 11 is -0.449. The molecule has 0 aromatic rings. The molecule has 0 spiro atoms. The van der Waals surface area contributed by atoms with E-state index in [0.29, 0.717) is 70.6 Å². The van der Waals surface area contributed by atoms with Crippen LogP contribution < -0.4 is 203 Å². The van der Waals surface area contributed by atoms with E-state index in [1.54, 1.807) is 20.8 Å². The molecule has 7 aliphatic rings. The van der Waals surface area contributed by atoms with Gasteiger partial charge >= 0.3 is 207 Å². The Kier molecular flexibility index (Phi) is 69.6. The van der Waals surface area contributed by atoms with Crippen LogP contribution in [0, 0.1) is 10.8 Å². The molecule has 726 valence electrons. The summed E-state index contributed by atoms with van der Waals surface area (Å²) in [6.45, 7) is 18.2. The van der Waals surface area contributed by atoms with Gasteiger partial charge in [0, 0.05) is 53.4 Å². The van der Waals surface area contributed by atoms with Crippen LogP contribution in [0.2, 0.25) is 0 Å². The minimum Gasteiger partial charge on any atom is -0.726 e. The quantitative estimate of drug-likeness (QED) is 0.00628. The first-order valence-electron chi connectivity index (χ1n) is 41.7. The third-order valence-corrected chi connectivity index (χ3v) is 22.3. The summed E-state index contributed by atoms with van der Waals surface area (Å²) in [4.78, 5) is 100.0. The maximum Gasteiger partial charge on any atom is 1.00 e. The van der Waals surface area contributed by atoms with E-state index < -0.39 is 242 Å². The third kappa shape index (κ3) is 41.9. The van der Waals surface area contributed by atoms with E-state index in [4.69, 9.17) is 111 Å². The number of esters is 5. The SMILES string of the molecule is CCCCCC(=O)OC1[C@H](O[C@H]2C(COCC(C)(C)C)O[C@@H](O[C@@H]3[C@H](OC)C4OCC3(C(=O)[O-])O[C@@H]4O[C@H]3C(COCC(C)(C)C)O[C@@H](OC)C(OSOO[O-])[C@H]3OC(=O)CCCCC)C(OSOO[O-])[C@H]2OSOO[O-])OC(CC)(C(=O)[O-])[C@H](O[C@@H]2OC(COS(=O)(=O)[O-])[C@H](OC(=O)CCCCC)[C@H](OC(=O)CCCCC)C2OC(=O)CCCCC)[C@@H]1OC.[Na+].[Na+].[Na+].[Na+].[Na+].[Na+]. The van der Waals surface area contributed by atoms with Crippen molar-refractivity contribution in [1.29, 1.82) is 0 Å². The first-order valence-corrected chi connectivity index (χ1v) is 45.0. The molecule has 0 aliphatic carbocycles. The third-order valence-electron chi connectivity index (χ3n) is 20.6. The Morgan fingerprint density at radius 3 is 1.14 bits per heavy atom. The van der Waals surface area contributed by atoms with Crippen LogP contribution in [0.15, 0.2) is 0 Å². The predicted molar refractivity (Wildman–Crippen MR) is 410 cm³/mol. The molecule has 2 bridgehead atoms. The van der Waals surface area contributed by atoms with Gasteiger partial charge in [-0.3, -0.25) is 55.8 Å². The molecular weight excluding hydrogens is 1900 g/mol. The van der Waals surface area contributed by atoms with Gasteiger partial charge in [-0.05, 0) is 49.4 Å². The second-order valence-electron chi connectivity index (χ2n) is 32.7. The second kappa shape index (κ2) is 68.5. The van der Waals surface area contributed by atoms with Crippen molar-refractivity contribution in [1.82, 2.24) is 0 Å². The predicted octanol–water partition coefficient (Wildman–Crippen LogP) is -15.5. The molecule has 0 aromatic carbocycles. The molecule has 45 nitrogen and oxygen atoms in total. The summed E-state index contributed by atoms with van der Waals surface area (Å²) < 4.78 is 201. The van der Waals surface area contributed by atoms with Crippen LogP contribution in [0.3, 0.4) is 0 Å². The van der Waals surface area contributed by atoms with Gasteiger partial charge in [0.1, 0.15) is 72.7 Å². The van der Waals surface area contributed by atoms with Crippen molar-refractivity contribution in [2.24, 2.45) is 10.8 Å². The molecule has 7 fully saturated rings. The Bertz CT molecular complexity index is 3340. The topological polar surface area (TPSA) is 569 Å². The Labute approximate surface area is 910 Å². The smallest absolute Gasteiger partial charge is 0.726 e. The number of carbonyl (C=O) groups excluding carboxylic acids is 7. The fourth-order valence-corrected chi connectivity index (χ4v) is 16.0. The van der Waals surface area contributed by atoms with Crippen LogP contribution in [-0.2, 0) is 184 Å². The van der Waals surface area contributed by atoms with Crippen molar-refractivity contribution >= 4 is 89.2 Å². The summed E-state index contributed by atoms with van der Waals surface area (Å²) in [5, 5.41) is 74.5. The Morgan fingerprint density at radius 1 is 0.397 bits per heavy atom. The van der Waals surface area contributed by atoms with E-state index in [9.17, 15) is 72.5 Å². The average Bonchev–Trinajstić information content (AvgIpc) is 0.713. The van der Waals surface area contributed by atoms with Crippen LogP contribution in [0.5, 0.6) is 0 Å². The Balaban J connectivity index is 0.0000282. The Hall–Kier alpha value is 2.13. The molecule has 0 saturated carbocycles. The second-order valence-corrected chi connectivity index (χ2v) is 35.2. The summed E-state index contributed by atoms with van der Waals surface area (Å²) in [6.07, 6.45) is -40.1. The number of ether oxygens (including phenoxy) is 20. The number of carboxylic acids is 2. The number of carboxylic acid groups (broad SMARTS) is 2. The van der Waals surface area contributed by atoms with Gasteiger partial charge < -0.3 is 135 Å². The van der Waals surface area contributed by atoms with Crippen molar-refractivity contribution in [2.45, 2.75) is 370 Å². The number of carbonyl (C=O) groups is 7. The van der Waals surface area contributed by atoms with Gasteiger partial charge in [0.05, 0.1) is 51.6 Å². The van der Waals surface area contributed by atoms with E-state index >= 15 is 0 Å². The standard InChI is InChI=1S/C76H128O45S4.6Na/c1-16-22-27-32-46(77)102-51-45(39-98-125(89,90)91)101-67(60(105-49(80)35-30-25-19-4)54(51)103-47(78)33-28-23-17-2)109-64-58(93-14)61(106-50(81)36-31-26-20-5)70(111-75(64,21-6)71(82)83)108-53-44(38-96-41-74(10,11)12)100-68(63(115-124-121-118-88)56(53)113-122-119-116-86)110-65-57(92-13)59-69(112-76(65,42-97-59)72(84)85)107-52-43(37-95-40-73(7,8)9)99-66(94-15)62(114-123-120-117-87)55(52)104-48(79)34-29-24-18-3;;;;;;/h43-45,51-70,86-88H,16-42H2,1-15H3,(H,82,83)(H,84,85)(H,89,90,91);;;;;;/q;6*+1/p-6/t43?,44?,45?,51-,52-,53-,54-,55-,56-,57+,58+,59?,60?,61?,62?,63?,64+,65+,66+,67-,68-,69-,70+,75?,76?;;;;;;/m0....../s1. The van der Waals surface area contributed by atoms with Gasteiger partial charge in [-0.15, -0.1) is 13.0 Å². The van der Waals surface area contributed by atoms with Crippen LogP contribution >= 0.6 is 37.0 Å². The number of unbranched alkanes of at least 4 members (excludes halogenated alkanes) is 10. The molecule has 0 N–H and O–H groups in total. The molecule has 10 unspecified atom stereocenters. The van der Waals surface area contributed by atoms with Crippen LogP contribution in [0.4, 0.5) is 0 Å². The minimum atomic E-state index is -5.68. The van der Waals surface area contributed by atoms with E-state index in [1.165, 1.54) is 14.0 Å². The molecule has 0 radical (unpaired) electrons. The van der Waals surface area contributed by atoms with E-state index in [0.717, 1.165) is 14.2 Å². The molecule has 7 heterocycles. The first-order chi connectivity index (χ1) is 59.5. The molecule has 7 aliphatic heterocycles. The molecular formula is C76H122Na6O45S4. The largest absolute Gasteiger partial charge is 1.00 e. The normalized spacial score (nSPS) is 30.5. The summed E-state index contributed by atoms with van der Waals surface area (Å²) in [5.41, 5.74) is -7.13. The van der Waals surface area contributed by atoms with Crippen molar-refractivity contribution in [2.75, 3.05) is 61.0 Å². The number of hydrogen-bond donors (Lipinski definition) is 0. The van der Waals surface area contributed by atoms with Gasteiger partial charge in [0.25, 0.3) is 0 Å². The van der Waals surface area contributed by atoms with Gasteiger partial charge in [-0.25, -0.2) is 8.42 Å². The van der Waals surface area contributed by atoms with E-state index in [-0.39, 0.29) is 292 Å². The fourth-order valence-electron chi connectivity index (χ4n) is 14.6. The van der Waals surface area contributed by atoms with Crippen LogP contribution in [0.25, 0.3) is 0 Å². The average molecular weight is 2020 g/mol. The number of hydrogen-bond acceptors (Lipinski definition) is 48. The van der Waals surface area contributed by atoms with E-state index in [1.807, 2.05) is 55.4 Å². The van der Waals surface area contributed by atoms with Crippen molar-refractivity contribution in [3.63, 3.8) is 0 Å². The van der Waals surface area contributed by atoms with Gasteiger partial charge in [0.15, 0.2) is 117 Å². The maximum atomic E-state index is 14.7. The molecule has 0 amide bonds. The van der Waals surface area contributed by atoms with Gasteiger partial charge in [-0.1, -0.05) is 147 Å². The summed E-state index contributed by atoms with van der Waals surface area (Å²) in [5.74, 6) is -8.99. The Morgan fingerprint density at radius 2 is 0.756 bits per heavy atom. The number of methoxy groups -OCH3 is 3. The van der Waals surface area contributed by atoms with E-state index in [2.05, 4.69) is 28.1 Å². The zero-order valence-corrected chi connectivity index (χ0v) is 94.1. The van der Waals surface area contributed by atoms with Crippen molar-refractivity contribution in [3.8, 4) is 0 Å². The zero-order chi connectivity index (χ0) is 92.2. The fraction of sp³-hybridized carbons (Fsp3) is 0.908. The molecule has 25 atom stereocenters. The van der Waals surface area contributed by atoms with Crippen LogP contribution in [-0.4, -0.2) is 268 Å². The number of rotatable bonds is 60. The molecule has 131 heavy (non-hydrogen) atoms. The summed E-state index contributed by atoms with van der Waals surface area (Å²) in [6, 6.07) is 0. The van der Waals surface area contributed by atoms with Gasteiger partial charge in [0.2, 0.25) is 10.4 Å². The van der Waals surface area contributed by atoms with Crippen molar-refractivity contribution in [3.05, 3.63) is 0 Å².